The minimum absolute atomic E-state index is 0.0848. The van der Waals surface area contributed by atoms with Gasteiger partial charge in [0.2, 0.25) is 0 Å². The summed E-state index contributed by atoms with van der Waals surface area (Å²) in [6, 6.07) is 7.64. The molecule has 0 spiro atoms. The molecule has 0 fully saturated rings. The molecule has 2 N–H and O–H groups in total. The zero-order valence-corrected chi connectivity index (χ0v) is 11.2. The summed E-state index contributed by atoms with van der Waals surface area (Å²) in [6.45, 7) is 6.48. The van der Waals surface area contributed by atoms with Gasteiger partial charge in [0.1, 0.15) is 5.76 Å². The van der Waals surface area contributed by atoms with Gasteiger partial charge in [-0.05, 0) is 24.0 Å². The maximum Gasteiger partial charge on any atom is 0.152 e. The summed E-state index contributed by atoms with van der Waals surface area (Å²) in [6.07, 6.45) is 0. The second-order valence-electron chi connectivity index (χ2n) is 4.94. The monoisotopic (exact) mass is 251 g/mol. The lowest BCUT2D eigenvalue weighted by molar-refractivity contribution is 0.317. The summed E-state index contributed by atoms with van der Waals surface area (Å²) in [4.78, 5) is 0. The Hall–Kier alpha value is -0.990. The molecule has 17 heavy (non-hydrogen) atoms. The maximum atomic E-state index is 6.22. The average Bonchev–Trinajstić information content (AvgIpc) is 2.72. The average molecular weight is 252 g/mol. The molecule has 1 aromatic carbocycles. The SMILES string of the molecule is CC(C)C(C)C(N)c1cc2cccc(Cl)c2o1. The molecule has 2 atom stereocenters. The van der Waals surface area contributed by atoms with Crippen molar-refractivity contribution in [2.75, 3.05) is 0 Å². The zero-order chi connectivity index (χ0) is 12.6. The molecule has 2 unspecified atom stereocenters. The maximum absolute atomic E-state index is 6.22. The molecule has 0 bridgehead atoms. The van der Waals surface area contributed by atoms with Crippen LogP contribution in [0.15, 0.2) is 28.7 Å². The van der Waals surface area contributed by atoms with Crippen molar-refractivity contribution in [1.29, 1.82) is 0 Å². The first-order valence-electron chi connectivity index (χ1n) is 5.94. The van der Waals surface area contributed by atoms with Crippen LogP contribution in [0.5, 0.6) is 0 Å². The van der Waals surface area contributed by atoms with Crippen molar-refractivity contribution < 1.29 is 4.42 Å². The Morgan fingerprint density at radius 3 is 2.53 bits per heavy atom. The van der Waals surface area contributed by atoms with Gasteiger partial charge in [0.05, 0.1) is 11.1 Å². The summed E-state index contributed by atoms with van der Waals surface area (Å²) in [5.41, 5.74) is 6.95. The first kappa shape index (κ1) is 12.5. The Labute approximate surface area is 107 Å². The fraction of sp³-hybridized carbons (Fsp3) is 0.429. The van der Waals surface area contributed by atoms with E-state index in [1.807, 2.05) is 24.3 Å². The number of rotatable bonds is 3. The molecule has 1 heterocycles. The van der Waals surface area contributed by atoms with E-state index in [0.717, 1.165) is 16.7 Å². The number of fused-ring (bicyclic) bond motifs is 1. The molecule has 92 valence electrons. The topological polar surface area (TPSA) is 39.2 Å². The normalized spacial score (nSPS) is 15.4. The van der Waals surface area contributed by atoms with Crippen LogP contribution in [0.4, 0.5) is 0 Å². The van der Waals surface area contributed by atoms with Gasteiger partial charge in [-0.3, -0.25) is 0 Å². The Kier molecular flexibility index (Phi) is 3.45. The Balaban J connectivity index is 2.40. The smallest absolute Gasteiger partial charge is 0.152 e. The van der Waals surface area contributed by atoms with E-state index in [4.69, 9.17) is 21.8 Å². The molecular weight excluding hydrogens is 234 g/mol. The fourth-order valence-corrected chi connectivity index (χ4v) is 2.11. The number of nitrogens with two attached hydrogens (primary N) is 1. The minimum atomic E-state index is -0.0848. The van der Waals surface area contributed by atoms with E-state index in [1.165, 1.54) is 0 Å². The second kappa shape index (κ2) is 4.71. The highest BCUT2D eigenvalue weighted by molar-refractivity contribution is 6.34. The molecule has 2 nitrogen and oxygen atoms in total. The van der Waals surface area contributed by atoms with Crippen LogP contribution in [0, 0.1) is 11.8 Å². The third-order valence-electron chi connectivity index (χ3n) is 3.46. The first-order valence-corrected chi connectivity index (χ1v) is 6.32. The van der Waals surface area contributed by atoms with Gasteiger partial charge in [-0.15, -0.1) is 0 Å². The highest BCUT2D eigenvalue weighted by Gasteiger charge is 2.21. The highest BCUT2D eigenvalue weighted by Crippen LogP contribution is 2.32. The van der Waals surface area contributed by atoms with Gasteiger partial charge in [-0.1, -0.05) is 44.5 Å². The molecule has 1 aromatic heterocycles. The van der Waals surface area contributed by atoms with Gasteiger partial charge < -0.3 is 10.2 Å². The Bertz CT molecular complexity index is 518. The van der Waals surface area contributed by atoms with Crippen molar-refractivity contribution in [3.05, 3.63) is 35.0 Å². The number of halogens is 1. The molecule has 0 saturated carbocycles. The van der Waals surface area contributed by atoms with Crippen LogP contribution in [0.25, 0.3) is 11.0 Å². The van der Waals surface area contributed by atoms with E-state index in [2.05, 4.69) is 20.8 Å². The Morgan fingerprint density at radius 2 is 1.94 bits per heavy atom. The van der Waals surface area contributed by atoms with Crippen molar-refractivity contribution in [1.82, 2.24) is 0 Å². The van der Waals surface area contributed by atoms with Crippen molar-refractivity contribution in [2.45, 2.75) is 26.8 Å². The van der Waals surface area contributed by atoms with Gasteiger partial charge >= 0.3 is 0 Å². The molecule has 0 radical (unpaired) electrons. The number of benzene rings is 1. The number of hydrogen-bond acceptors (Lipinski definition) is 2. The molecule has 0 amide bonds. The van der Waals surface area contributed by atoms with E-state index in [0.29, 0.717) is 16.9 Å². The van der Waals surface area contributed by atoms with E-state index in [1.54, 1.807) is 0 Å². The third-order valence-corrected chi connectivity index (χ3v) is 3.76. The lowest BCUT2D eigenvalue weighted by Gasteiger charge is -2.21. The minimum Gasteiger partial charge on any atom is -0.458 e. The molecule has 0 aliphatic carbocycles. The van der Waals surface area contributed by atoms with Crippen LogP contribution in [0.2, 0.25) is 5.02 Å². The molecule has 0 aliphatic heterocycles. The standard InChI is InChI=1S/C14H18ClNO/c1-8(2)9(3)13(16)12-7-10-5-4-6-11(15)14(10)17-12/h4-9,13H,16H2,1-3H3. The summed E-state index contributed by atoms with van der Waals surface area (Å²) in [7, 11) is 0. The number of furan rings is 1. The van der Waals surface area contributed by atoms with E-state index in [9.17, 15) is 0 Å². The van der Waals surface area contributed by atoms with Gasteiger partial charge in [-0.25, -0.2) is 0 Å². The summed E-state index contributed by atoms with van der Waals surface area (Å²) in [5.74, 6) is 1.71. The second-order valence-corrected chi connectivity index (χ2v) is 5.34. The fourth-order valence-electron chi connectivity index (χ4n) is 1.89. The molecule has 2 aromatic rings. The molecule has 2 rings (SSSR count). The lowest BCUT2D eigenvalue weighted by atomic mass is 9.89. The van der Waals surface area contributed by atoms with Crippen LogP contribution in [-0.2, 0) is 0 Å². The first-order chi connectivity index (χ1) is 8.00. The third kappa shape index (κ3) is 2.33. The predicted octanol–water partition coefficient (Wildman–Crippen LogP) is 4.38. The largest absolute Gasteiger partial charge is 0.458 e. The van der Waals surface area contributed by atoms with Gasteiger partial charge in [0, 0.05) is 5.39 Å². The van der Waals surface area contributed by atoms with Gasteiger partial charge in [-0.2, -0.15) is 0 Å². The summed E-state index contributed by atoms with van der Waals surface area (Å²) < 4.78 is 5.77. The van der Waals surface area contributed by atoms with Crippen LogP contribution in [0.1, 0.15) is 32.6 Å². The molecule has 3 heteroatoms. The van der Waals surface area contributed by atoms with E-state index >= 15 is 0 Å². The van der Waals surface area contributed by atoms with Gasteiger partial charge in [0.15, 0.2) is 5.58 Å². The predicted molar refractivity (Wildman–Crippen MR) is 72.2 cm³/mol. The lowest BCUT2D eigenvalue weighted by Crippen LogP contribution is -2.22. The number of hydrogen-bond donors (Lipinski definition) is 1. The number of para-hydroxylation sites is 1. The van der Waals surface area contributed by atoms with Crippen LogP contribution in [-0.4, -0.2) is 0 Å². The quantitative estimate of drug-likeness (QED) is 0.879. The summed E-state index contributed by atoms with van der Waals surface area (Å²) in [5, 5.41) is 1.65. The molecule has 0 saturated heterocycles. The van der Waals surface area contributed by atoms with Crippen molar-refractivity contribution in [3.8, 4) is 0 Å². The van der Waals surface area contributed by atoms with E-state index in [-0.39, 0.29) is 6.04 Å². The summed E-state index contributed by atoms with van der Waals surface area (Å²) >= 11 is 6.08. The van der Waals surface area contributed by atoms with Gasteiger partial charge in [0.25, 0.3) is 0 Å². The van der Waals surface area contributed by atoms with Crippen LogP contribution in [0.3, 0.4) is 0 Å². The van der Waals surface area contributed by atoms with Crippen LogP contribution >= 0.6 is 11.6 Å². The zero-order valence-electron chi connectivity index (χ0n) is 10.4. The van der Waals surface area contributed by atoms with E-state index < -0.39 is 0 Å². The molecular formula is C14H18ClNO. The van der Waals surface area contributed by atoms with Crippen LogP contribution < -0.4 is 5.73 Å². The molecule has 0 aliphatic rings. The van der Waals surface area contributed by atoms with Crippen molar-refractivity contribution in [2.24, 2.45) is 17.6 Å². The van der Waals surface area contributed by atoms with Crippen molar-refractivity contribution in [3.63, 3.8) is 0 Å². The Morgan fingerprint density at radius 1 is 1.24 bits per heavy atom. The van der Waals surface area contributed by atoms with Crippen molar-refractivity contribution >= 4 is 22.6 Å². The highest BCUT2D eigenvalue weighted by atomic mass is 35.5.